The van der Waals surface area contributed by atoms with Crippen molar-refractivity contribution in [3.63, 3.8) is 0 Å². The molecule has 0 aliphatic carbocycles. The summed E-state index contributed by atoms with van der Waals surface area (Å²) < 4.78 is 0. The van der Waals surface area contributed by atoms with Crippen LogP contribution in [0.4, 0.5) is 5.95 Å². The Morgan fingerprint density at radius 3 is 2.49 bits per heavy atom. The van der Waals surface area contributed by atoms with E-state index in [1.807, 2.05) is 24.5 Å². The predicted octanol–water partition coefficient (Wildman–Crippen LogP) is 4.06. The molecule has 0 bridgehead atoms. The summed E-state index contributed by atoms with van der Waals surface area (Å²) >= 11 is 0. The number of amides is 3. The van der Waals surface area contributed by atoms with Crippen molar-refractivity contribution in [3.8, 4) is 11.1 Å². The lowest BCUT2D eigenvalue weighted by molar-refractivity contribution is -0.136. The van der Waals surface area contributed by atoms with Gasteiger partial charge in [-0.2, -0.15) is 0 Å². The molecule has 3 aromatic carbocycles. The number of hydrogen-bond acceptors (Lipinski definition) is 7. The van der Waals surface area contributed by atoms with Gasteiger partial charge >= 0.3 is 0 Å². The molecule has 3 aliphatic heterocycles. The van der Waals surface area contributed by atoms with Crippen LogP contribution in [0, 0.1) is 5.92 Å². The normalized spacial score (nSPS) is 19.2. The van der Waals surface area contributed by atoms with Gasteiger partial charge in [0.05, 0.1) is 0 Å². The maximum atomic E-state index is 12.9. The average Bonchev–Trinajstić information content (AvgIpc) is 3.36. The Hall–Kier alpha value is -4.63. The maximum Gasteiger partial charge on any atom is 0.255 e. The van der Waals surface area contributed by atoms with Crippen LogP contribution in [0.25, 0.3) is 21.9 Å². The van der Waals surface area contributed by atoms with E-state index in [9.17, 15) is 14.4 Å². The van der Waals surface area contributed by atoms with Crippen LogP contribution >= 0.6 is 0 Å². The first-order valence-corrected chi connectivity index (χ1v) is 15.1. The van der Waals surface area contributed by atoms with Gasteiger partial charge in [0.2, 0.25) is 17.8 Å². The minimum Gasteiger partial charge on any atom is -0.341 e. The fourth-order valence-electron chi connectivity index (χ4n) is 6.60. The van der Waals surface area contributed by atoms with Crippen LogP contribution < -0.4 is 15.5 Å². The highest BCUT2D eigenvalue weighted by molar-refractivity contribution is 6.05. The fourth-order valence-corrected chi connectivity index (χ4v) is 6.60. The molecule has 1 atom stereocenters. The molecule has 1 unspecified atom stereocenters. The summed E-state index contributed by atoms with van der Waals surface area (Å²) in [4.78, 5) is 50.1. The Balaban J connectivity index is 0.899. The Morgan fingerprint density at radius 2 is 1.67 bits per heavy atom. The molecule has 2 N–H and O–H groups in total. The van der Waals surface area contributed by atoms with E-state index in [4.69, 9.17) is 9.97 Å². The molecule has 2 saturated heterocycles. The topological polar surface area (TPSA) is 108 Å². The molecule has 4 heterocycles. The Bertz CT molecular complexity index is 1690. The third-order valence-corrected chi connectivity index (χ3v) is 8.99. The van der Waals surface area contributed by atoms with Crippen molar-refractivity contribution in [1.29, 1.82) is 0 Å². The van der Waals surface area contributed by atoms with Gasteiger partial charge in [0.1, 0.15) is 6.04 Å². The van der Waals surface area contributed by atoms with E-state index in [1.165, 1.54) is 10.8 Å². The molecule has 9 heteroatoms. The molecule has 2 fully saturated rings. The zero-order chi connectivity index (χ0) is 29.3. The lowest BCUT2D eigenvalue weighted by Gasteiger charge is -2.32. The second-order valence-electron chi connectivity index (χ2n) is 11.8. The van der Waals surface area contributed by atoms with Crippen molar-refractivity contribution >= 4 is 34.4 Å². The van der Waals surface area contributed by atoms with E-state index in [2.05, 4.69) is 64.1 Å². The van der Waals surface area contributed by atoms with Crippen LogP contribution in [0.1, 0.15) is 47.2 Å². The van der Waals surface area contributed by atoms with E-state index in [0.717, 1.165) is 67.2 Å². The molecular weight excluding hydrogens is 540 g/mol. The number of carbonyl (C=O) groups excluding carboxylic acids is 3. The molecular formula is C34H34N6O3. The number of benzene rings is 3. The highest BCUT2D eigenvalue weighted by Crippen LogP contribution is 2.30. The van der Waals surface area contributed by atoms with Gasteiger partial charge in [0.15, 0.2) is 0 Å². The summed E-state index contributed by atoms with van der Waals surface area (Å²) in [5, 5.41) is 8.38. The molecule has 0 spiro atoms. The van der Waals surface area contributed by atoms with Crippen molar-refractivity contribution in [2.24, 2.45) is 5.92 Å². The van der Waals surface area contributed by atoms with Gasteiger partial charge in [-0.3, -0.25) is 19.7 Å². The van der Waals surface area contributed by atoms with Gasteiger partial charge in [-0.15, -0.1) is 0 Å². The van der Waals surface area contributed by atoms with Crippen molar-refractivity contribution < 1.29 is 14.4 Å². The Morgan fingerprint density at radius 1 is 0.884 bits per heavy atom. The molecule has 9 nitrogen and oxygen atoms in total. The molecule has 0 saturated carbocycles. The first kappa shape index (κ1) is 27.2. The van der Waals surface area contributed by atoms with Crippen molar-refractivity contribution in [3.05, 3.63) is 89.7 Å². The average molecular weight is 575 g/mol. The molecule has 3 aliphatic rings. The molecule has 43 heavy (non-hydrogen) atoms. The van der Waals surface area contributed by atoms with E-state index in [0.29, 0.717) is 24.4 Å². The zero-order valence-corrected chi connectivity index (χ0v) is 24.0. The molecule has 4 aromatic rings. The smallest absolute Gasteiger partial charge is 0.255 e. The zero-order valence-electron chi connectivity index (χ0n) is 24.0. The fraction of sp³-hybridized carbons (Fsp3) is 0.324. The molecule has 3 amide bonds. The number of fused-ring (bicyclic) bond motifs is 2. The molecule has 1 aromatic heterocycles. The lowest BCUT2D eigenvalue weighted by atomic mass is 9.97. The predicted molar refractivity (Wildman–Crippen MR) is 164 cm³/mol. The van der Waals surface area contributed by atoms with E-state index in [1.54, 1.807) is 4.90 Å². The Labute approximate surface area is 250 Å². The molecule has 218 valence electrons. The lowest BCUT2D eigenvalue weighted by Crippen LogP contribution is -2.52. The highest BCUT2D eigenvalue weighted by Gasteiger charge is 2.39. The third kappa shape index (κ3) is 5.48. The van der Waals surface area contributed by atoms with Gasteiger partial charge in [-0.25, -0.2) is 9.97 Å². The first-order valence-electron chi connectivity index (χ1n) is 15.1. The monoisotopic (exact) mass is 574 g/mol. The standard InChI is InChI=1S/C34H34N6O3/c41-31-11-10-30(32(42)38-31)40-21-25-16-23(8-9-29(25)33(40)43)18-35-17-22-12-14-39(15-13-22)34-36-19-26(20-37-34)28-7-3-5-24-4-1-2-6-27(24)28/h1-9,16,19-20,22,30,35H,10-15,17-18,21H2,(H,38,41,42). The maximum absolute atomic E-state index is 12.9. The Kier molecular flexibility index (Phi) is 7.32. The number of nitrogens with zero attached hydrogens (tertiary/aromatic N) is 4. The summed E-state index contributed by atoms with van der Waals surface area (Å²) in [6.07, 6.45) is 6.65. The minimum atomic E-state index is -0.586. The van der Waals surface area contributed by atoms with Crippen molar-refractivity contribution in [1.82, 2.24) is 25.5 Å². The largest absolute Gasteiger partial charge is 0.341 e. The second kappa shape index (κ2) is 11.6. The summed E-state index contributed by atoms with van der Waals surface area (Å²) in [5.41, 5.74) is 4.88. The number of carbonyl (C=O) groups is 3. The number of imide groups is 1. The van der Waals surface area contributed by atoms with Crippen LogP contribution in [0.2, 0.25) is 0 Å². The van der Waals surface area contributed by atoms with E-state index in [-0.39, 0.29) is 24.1 Å². The molecule has 0 radical (unpaired) electrons. The van der Waals surface area contributed by atoms with Crippen LogP contribution in [0.15, 0.2) is 73.1 Å². The van der Waals surface area contributed by atoms with Gasteiger partial charge in [0, 0.05) is 56.1 Å². The number of nitrogens with one attached hydrogen (secondary N) is 2. The van der Waals surface area contributed by atoms with Gasteiger partial charge in [-0.05, 0) is 65.3 Å². The summed E-state index contributed by atoms with van der Waals surface area (Å²) in [5.74, 6) is 0.571. The number of anilines is 1. The number of rotatable bonds is 7. The summed E-state index contributed by atoms with van der Waals surface area (Å²) in [6, 6.07) is 20.0. The third-order valence-electron chi connectivity index (χ3n) is 8.99. The first-order chi connectivity index (χ1) is 21.0. The van der Waals surface area contributed by atoms with Gasteiger partial charge in [-0.1, -0.05) is 54.6 Å². The molecule has 7 rings (SSSR count). The van der Waals surface area contributed by atoms with Crippen LogP contribution in [-0.4, -0.2) is 58.3 Å². The quantitative estimate of drug-likeness (QED) is 0.321. The van der Waals surface area contributed by atoms with E-state index < -0.39 is 6.04 Å². The minimum absolute atomic E-state index is 0.136. The van der Waals surface area contributed by atoms with Crippen LogP contribution in [0.3, 0.4) is 0 Å². The number of hydrogen-bond donors (Lipinski definition) is 2. The number of piperidine rings is 2. The number of aromatic nitrogens is 2. The van der Waals surface area contributed by atoms with E-state index >= 15 is 0 Å². The van der Waals surface area contributed by atoms with Gasteiger partial charge < -0.3 is 15.1 Å². The van der Waals surface area contributed by atoms with Gasteiger partial charge in [0.25, 0.3) is 5.91 Å². The van der Waals surface area contributed by atoms with Crippen LogP contribution in [-0.2, 0) is 22.7 Å². The highest BCUT2D eigenvalue weighted by atomic mass is 16.2. The summed E-state index contributed by atoms with van der Waals surface area (Å²) in [7, 11) is 0. The van der Waals surface area contributed by atoms with Crippen molar-refractivity contribution in [2.45, 2.75) is 44.8 Å². The SMILES string of the molecule is O=C1CCC(N2Cc3cc(CNCC4CCN(c5ncc(-c6cccc7ccccc67)cn5)CC4)ccc3C2=O)C(=O)N1. The second-order valence-corrected chi connectivity index (χ2v) is 11.8. The summed E-state index contributed by atoms with van der Waals surface area (Å²) in [6.45, 7) is 3.90. The van der Waals surface area contributed by atoms with Crippen molar-refractivity contribution in [2.75, 3.05) is 24.5 Å². The van der Waals surface area contributed by atoms with Crippen LogP contribution in [0.5, 0.6) is 0 Å².